The van der Waals surface area contributed by atoms with E-state index in [0.717, 1.165) is 12.8 Å². The van der Waals surface area contributed by atoms with Crippen LogP contribution < -0.4 is 5.32 Å². The molecule has 2 aliphatic rings. The molecular formula is C14H22N2O5. The Labute approximate surface area is 123 Å². The number of hydrogen-bond acceptors (Lipinski definition) is 4. The van der Waals surface area contributed by atoms with Gasteiger partial charge in [0, 0.05) is 38.0 Å². The van der Waals surface area contributed by atoms with Crippen LogP contribution in [0.2, 0.25) is 0 Å². The number of amides is 2. The minimum absolute atomic E-state index is 0.0000836. The summed E-state index contributed by atoms with van der Waals surface area (Å²) >= 11 is 0. The Kier molecular flexibility index (Phi) is 5.17. The number of piperidine rings is 1. The van der Waals surface area contributed by atoms with Crippen molar-refractivity contribution in [3.05, 3.63) is 0 Å². The van der Waals surface area contributed by atoms with Crippen LogP contribution in [0.1, 0.15) is 32.1 Å². The number of carbonyl (C=O) groups is 3. The monoisotopic (exact) mass is 298 g/mol. The highest BCUT2D eigenvalue weighted by Crippen LogP contribution is 2.32. The largest absolute Gasteiger partial charge is 0.480 e. The molecule has 7 nitrogen and oxygen atoms in total. The normalized spacial score (nSPS) is 20.9. The van der Waals surface area contributed by atoms with E-state index in [2.05, 4.69) is 5.32 Å². The Morgan fingerprint density at radius 1 is 1.10 bits per heavy atom. The van der Waals surface area contributed by atoms with E-state index in [-0.39, 0.29) is 36.7 Å². The maximum absolute atomic E-state index is 12.1. The molecule has 0 radical (unpaired) electrons. The van der Waals surface area contributed by atoms with Gasteiger partial charge >= 0.3 is 5.97 Å². The molecule has 21 heavy (non-hydrogen) atoms. The van der Waals surface area contributed by atoms with Crippen LogP contribution in [0.5, 0.6) is 0 Å². The van der Waals surface area contributed by atoms with Gasteiger partial charge < -0.3 is 20.4 Å². The van der Waals surface area contributed by atoms with E-state index in [4.69, 9.17) is 10.2 Å². The molecule has 1 heterocycles. The summed E-state index contributed by atoms with van der Waals surface area (Å²) in [4.78, 5) is 36.7. The van der Waals surface area contributed by atoms with Crippen molar-refractivity contribution in [2.75, 3.05) is 19.7 Å². The first-order valence-corrected chi connectivity index (χ1v) is 7.45. The lowest BCUT2D eigenvalue weighted by atomic mass is 9.95. The molecule has 3 N–H and O–H groups in total. The third-order valence-corrected chi connectivity index (χ3v) is 4.14. The standard InChI is InChI=1S/C14H22N2O5/c17-8-5-11(14(20)21)15-12(18)9-3-6-16(7-4-9)13(19)10-1-2-10/h9-11,17H,1-8H2,(H,15,18)(H,20,21)/t11-/m0/s1. The van der Waals surface area contributed by atoms with Crippen molar-refractivity contribution >= 4 is 17.8 Å². The molecule has 2 rings (SSSR count). The minimum atomic E-state index is -1.14. The molecule has 1 atom stereocenters. The van der Waals surface area contributed by atoms with Gasteiger partial charge in [-0.2, -0.15) is 0 Å². The predicted octanol–water partition coefficient (Wildman–Crippen LogP) is -0.413. The number of hydrogen-bond donors (Lipinski definition) is 3. The highest BCUT2D eigenvalue weighted by molar-refractivity contribution is 5.85. The van der Waals surface area contributed by atoms with Gasteiger partial charge in [-0.3, -0.25) is 9.59 Å². The SMILES string of the molecule is O=C(N[C@@H](CCO)C(=O)O)C1CCN(C(=O)C2CC2)CC1. The Morgan fingerprint density at radius 2 is 1.71 bits per heavy atom. The van der Waals surface area contributed by atoms with E-state index in [1.807, 2.05) is 4.90 Å². The van der Waals surface area contributed by atoms with Gasteiger partial charge in [0.2, 0.25) is 11.8 Å². The molecule has 0 bridgehead atoms. The summed E-state index contributed by atoms with van der Waals surface area (Å²) in [6, 6.07) is -1.05. The molecule has 1 aliphatic heterocycles. The van der Waals surface area contributed by atoms with Crippen molar-refractivity contribution in [1.82, 2.24) is 10.2 Å². The van der Waals surface area contributed by atoms with Crippen LogP contribution in [0.3, 0.4) is 0 Å². The molecular weight excluding hydrogens is 276 g/mol. The highest BCUT2D eigenvalue weighted by Gasteiger charge is 2.36. The molecule has 118 valence electrons. The fraction of sp³-hybridized carbons (Fsp3) is 0.786. The van der Waals surface area contributed by atoms with E-state index < -0.39 is 12.0 Å². The lowest BCUT2D eigenvalue weighted by Crippen LogP contribution is -2.48. The molecule has 2 fully saturated rings. The summed E-state index contributed by atoms with van der Waals surface area (Å²) in [6.07, 6.45) is 3.08. The predicted molar refractivity (Wildman–Crippen MR) is 73.3 cm³/mol. The summed E-state index contributed by atoms with van der Waals surface area (Å²) in [5, 5.41) is 20.2. The van der Waals surface area contributed by atoms with Crippen molar-refractivity contribution in [3.8, 4) is 0 Å². The van der Waals surface area contributed by atoms with Gasteiger partial charge in [-0.15, -0.1) is 0 Å². The Balaban J connectivity index is 1.79. The number of carboxylic acid groups (broad SMARTS) is 1. The number of likely N-dealkylation sites (tertiary alicyclic amines) is 1. The summed E-state index contributed by atoms with van der Waals surface area (Å²) < 4.78 is 0. The molecule has 0 unspecified atom stereocenters. The van der Waals surface area contributed by atoms with Gasteiger partial charge in [0.25, 0.3) is 0 Å². The first-order valence-electron chi connectivity index (χ1n) is 7.45. The van der Waals surface area contributed by atoms with E-state index in [9.17, 15) is 14.4 Å². The van der Waals surface area contributed by atoms with Gasteiger partial charge in [-0.25, -0.2) is 4.79 Å². The Hall–Kier alpha value is -1.63. The fourth-order valence-electron chi connectivity index (χ4n) is 2.63. The van der Waals surface area contributed by atoms with Gasteiger partial charge in [0.05, 0.1) is 0 Å². The highest BCUT2D eigenvalue weighted by atomic mass is 16.4. The quantitative estimate of drug-likeness (QED) is 0.618. The summed E-state index contributed by atoms with van der Waals surface area (Å²) in [5.41, 5.74) is 0. The second kappa shape index (κ2) is 6.89. The zero-order valence-corrected chi connectivity index (χ0v) is 12.0. The van der Waals surface area contributed by atoms with Gasteiger partial charge in [0.1, 0.15) is 6.04 Å². The topological polar surface area (TPSA) is 107 Å². The van der Waals surface area contributed by atoms with E-state index >= 15 is 0 Å². The fourth-order valence-corrected chi connectivity index (χ4v) is 2.63. The summed E-state index contributed by atoms with van der Waals surface area (Å²) in [7, 11) is 0. The molecule has 0 aromatic carbocycles. The number of carboxylic acids is 1. The third-order valence-electron chi connectivity index (χ3n) is 4.14. The number of aliphatic hydroxyl groups excluding tert-OH is 1. The van der Waals surface area contributed by atoms with Crippen LogP contribution in [0.25, 0.3) is 0 Å². The molecule has 1 aliphatic carbocycles. The van der Waals surface area contributed by atoms with Crippen LogP contribution in [0.4, 0.5) is 0 Å². The molecule has 0 spiro atoms. The Bertz CT molecular complexity index is 414. The first-order chi connectivity index (χ1) is 10.0. The number of carbonyl (C=O) groups excluding carboxylic acids is 2. The number of nitrogens with one attached hydrogen (secondary N) is 1. The zero-order chi connectivity index (χ0) is 15.4. The Morgan fingerprint density at radius 3 is 2.19 bits per heavy atom. The van der Waals surface area contributed by atoms with Crippen LogP contribution >= 0.6 is 0 Å². The maximum Gasteiger partial charge on any atom is 0.326 e. The summed E-state index contributed by atoms with van der Waals surface area (Å²) in [6.45, 7) is 0.835. The van der Waals surface area contributed by atoms with Crippen LogP contribution in [-0.4, -0.2) is 58.6 Å². The van der Waals surface area contributed by atoms with Crippen LogP contribution in [0.15, 0.2) is 0 Å². The third kappa shape index (κ3) is 4.17. The minimum Gasteiger partial charge on any atom is -0.480 e. The number of nitrogens with zero attached hydrogens (tertiary/aromatic N) is 1. The van der Waals surface area contributed by atoms with Crippen molar-refractivity contribution in [2.45, 2.75) is 38.1 Å². The van der Waals surface area contributed by atoms with Gasteiger partial charge in [-0.05, 0) is 25.7 Å². The first kappa shape index (κ1) is 15.8. The van der Waals surface area contributed by atoms with Crippen molar-refractivity contribution in [1.29, 1.82) is 0 Å². The van der Waals surface area contributed by atoms with E-state index in [1.165, 1.54) is 0 Å². The zero-order valence-electron chi connectivity index (χ0n) is 12.0. The average molecular weight is 298 g/mol. The van der Waals surface area contributed by atoms with Crippen LogP contribution in [-0.2, 0) is 14.4 Å². The molecule has 1 saturated heterocycles. The second-order valence-corrected chi connectivity index (χ2v) is 5.79. The average Bonchev–Trinajstić information content (AvgIpc) is 3.30. The van der Waals surface area contributed by atoms with Crippen molar-refractivity contribution in [2.24, 2.45) is 11.8 Å². The maximum atomic E-state index is 12.1. The number of rotatable bonds is 6. The summed E-state index contributed by atoms with van der Waals surface area (Å²) in [5.74, 6) is -1.31. The molecule has 2 amide bonds. The molecule has 1 saturated carbocycles. The van der Waals surface area contributed by atoms with Crippen LogP contribution in [0, 0.1) is 11.8 Å². The molecule has 0 aromatic rings. The van der Waals surface area contributed by atoms with Crippen molar-refractivity contribution < 1.29 is 24.6 Å². The van der Waals surface area contributed by atoms with E-state index in [0.29, 0.717) is 25.9 Å². The molecule has 0 aromatic heterocycles. The lowest BCUT2D eigenvalue weighted by Gasteiger charge is -2.32. The second-order valence-electron chi connectivity index (χ2n) is 5.79. The van der Waals surface area contributed by atoms with Crippen molar-refractivity contribution in [3.63, 3.8) is 0 Å². The lowest BCUT2D eigenvalue weighted by molar-refractivity contribution is -0.143. The number of aliphatic hydroxyl groups is 1. The van der Waals surface area contributed by atoms with E-state index in [1.54, 1.807) is 0 Å². The number of aliphatic carboxylic acids is 1. The van der Waals surface area contributed by atoms with Gasteiger partial charge in [0.15, 0.2) is 0 Å². The molecule has 7 heteroatoms. The smallest absolute Gasteiger partial charge is 0.326 e. The van der Waals surface area contributed by atoms with Gasteiger partial charge in [-0.1, -0.05) is 0 Å².